The van der Waals surface area contributed by atoms with Crippen LogP contribution in [-0.4, -0.2) is 10.6 Å². The van der Waals surface area contributed by atoms with Crippen LogP contribution in [-0.2, 0) is 0 Å². The summed E-state index contributed by atoms with van der Waals surface area (Å²) in [5.74, 6) is 0. The molecule has 0 amide bonds. The van der Waals surface area contributed by atoms with E-state index in [0.29, 0.717) is 0 Å². The van der Waals surface area contributed by atoms with Gasteiger partial charge in [0.05, 0.1) is 0 Å². The van der Waals surface area contributed by atoms with Gasteiger partial charge in [-0.25, -0.2) is 0 Å². The van der Waals surface area contributed by atoms with Gasteiger partial charge in [0.15, 0.2) is 0 Å². The van der Waals surface area contributed by atoms with E-state index in [0.717, 1.165) is 31.5 Å². The van der Waals surface area contributed by atoms with Crippen LogP contribution in [0.2, 0.25) is 0 Å². The van der Waals surface area contributed by atoms with E-state index >= 15 is 0 Å². The number of hydrogen-bond acceptors (Lipinski definition) is 4. The van der Waals surface area contributed by atoms with E-state index in [2.05, 4.69) is 106 Å². The quantitative estimate of drug-likeness (QED) is 0.133. The van der Waals surface area contributed by atoms with Crippen molar-refractivity contribution in [3.63, 3.8) is 0 Å². The molecule has 6 rings (SSSR count). The first-order valence-electron chi connectivity index (χ1n) is 11.0. The van der Waals surface area contributed by atoms with Crippen molar-refractivity contribution in [2.45, 2.75) is 0 Å². The van der Waals surface area contributed by atoms with Crippen LogP contribution in [0.15, 0.2) is 121 Å². The predicted molar refractivity (Wildman–Crippen MR) is 167 cm³/mol. The monoisotopic (exact) mass is 586 g/mol. The summed E-state index contributed by atoms with van der Waals surface area (Å²) in [6.45, 7) is 0. The van der Waals surface area contributed by atoms with Crippen LogP contribution in [0.4, 0.5) is 22.7 Å². The molecule has 2 saturated heterocycles. The molecule has 0 aromatic heterocycles. The third-order valence-electron chi connectivity index (χ3n) is 5.58. The summed E-state index contributed by atoms with van der Waals surface area (Å²) >= 11 is 21.6. The fourth-order valence-electron chi connectivity index (χ4n) is 4.00. The Kier molecular flexibility index (Phi) is 5.77. The van der Waals surface area contributed by atoms with Crippen molar-refractivity contribution in [2.24, 2.45) is 0 Å². The average molecular weight is 588 g/mol. The van der Waals surface area contributed by atoms with E-state index in [1.54, 1.807) is 44.8 Å². The molecule has 1 spiro atoms. The first kappa shape index (κ1) is 23.8. The predicted octanol–water partition coefficient (Wildman–Crippen LogP) is 9.54. The second-order valence-corrected chi connectivity index (χ2v) is 44.4. The van der Waals surface area contributed by atoms with E-state index in [1.165, 1.54) is 0 Å². The Balaban J connectivity index is 1.41. The zero-order valence-corrected chi connectivity index (χ0v) is 24.1. The molecule has 35 heavy (non-hydrogen) atoms. The average Bonchev–Trinajstić information content (AvgIpc) is 2.85. The summed E-state index contributed by atoms with van der Waals surface area (Å²) in [6, 6.07) is 41.5. The number of benzene rings is 4. The first-order chi connectivity index (χ1) is 16.9. The maximum absolute atomic E-state index is 7.49. The molecule has 2 aliphatic rings. The Morgan fingerprint density at radius 1 is 0.400 bits per heavy atom. The van der Waals surface area contributed by atoms with Gasteiger partial charge in [-0.1, -0.05) is 0 Å². The van der Waals surface area contributed by atoms with E-state index in [1.807, 2.05) is 24.3 Å². The van der Waals surface area contributed by atoms with Gasteiger partial charge in [-0.05, 0) is 0 Å². The van der Waals surface area contributed by atoms with Gasteiger partial charge in [0.25, 0.3) is 0 Å². The van der Waals surface area contributed by atoms with Gasteiger partial charge in [0.2, 0.25) is 0 Å². The topological polar surface area (TPSA) is 6.02 Å². The van der Waals surface area contributed by atoms with Gasteiger partial charge >= 0.3 is 231 Å². The number of rotatable bonds is 4. The SMILES string of the molecule is Cl[Si-2]12(Cl)(SC(=[N+](c3ccccc3)c3ccccc3)S1)SC(=[N+](c1ccccc1)c1ccccc1)S2. The Morgan fingerprint density at radius 3 is 0.857 bits per heavy atom. The minimum absolute atomic E-state index is 1.09. The summed E-state index contributed by atoms with van der Waals surface area (Å²) in [5.41, 5.74) is 4.37. The van der Waals surface area contributed by atoms with Crippen LogP contribution in [0.1, 0.15) is 0 Å². The van der Waals surface area contributed by atoms with Crippen LogP contribution in [0.5, 0.6) is 0 Å². The molecule has 0 saturated carbocycles. The molecule has 0 aliphatic carbocycles. The van der Waals surface area contributed by atoms with E-state index < -0.39 is 1.85 Å². The summed E-state index contributed by atoms with van der Waals surface area (Å²) in [6.07, 6.45) is 0. The molecule has 0 unspecified atom stereocenters. The summed E-state index contributed by atoms with van der Waals surface area (Å²) in [5, 5.41) is 0. The maximum atomic E-state index is 7.49. The van der Waals surface area contributed by atoms with Gasteiger partial charge in [-0.15, -0.1) is 0 Å². The second kappa shape index (κ2) is 8.48. The Bertz CT molecular complexity index is 1270. The fraction of sp³-hybridized carbons (Fsp3) is 0. The molecule has 0 atom stereocenters. The Hall–Kier alpha value is -1.58. The Morgan fingerprint density at radius 2 is 0.629 bits per heavy atom. The van der Waals surface area contributed by atoms with Crippen LogP contribution >= 0.6 is 67.0 Å². The normalized spacial score (nSPS) is 20.9. The van der Waals surface area contributed by atoms with Gasteiger partial charge < -0.3 is 0 Å². The van der Waals surface area contributed by atoms with Gasteiger partial charge in [0.1, 0.15) is 0 Å². The molecule has 0 N–H and O–H groups in total. The molecule has 4 aromatic carbocycles. The number of hydrogen-bond donors (Lipinski definition) is 0. The van der Waals surface area contributed by atoms with Crippen LogP contribution in [0.25, 0.3) is 0 Å². The number of para-hydroxylation sites is 4. The molecule has 4 aromatic rings. The van der Waals surface area contributed by atoms with Crippen LogP contribution < -0.4 is 9.15 Å². The van der Waals surface area contributed by atoms with Crippen molar-refractivity contribution in [2.75, 3.05) is 0 Å². The van der Waals surface area contributed by atoms with Crippen molar-refractivity contribution < 1.29 is 0 Å². The minimum atomic E-state index is -4.07. The Labute approximate surface area is 229 Å². The molecule has 2 nitrogen and oxygen atoms in total. The molecular formula is C26H20Cl2N2S4Si. The zero-order valence-electron chi connectivity index (χ0n) is 18.3. The summed E-state index contributed by atoms with van der Waals surface area (Å²) < 4.78 is 2.62. The summed E-state index contributed by atoms with van der Waals surface area (Å²) in [4.78, 5) is 0. The summed E-state index contributed by atoms with van der Waals surface area (Å²) in [7, 11) is 0. The number of nitrogens with zero attached hydrogens (tertiary/aromatic N) is 2. The van der Waals surface area contributed by atoms with E-state index in [9.17, 15) is 0 Å². The third kappa shape index (κ3) is 4.42. The molecular weight excluding hydrogens is 568 g/mol. The second-order valence-electron chi connectivity index (χ2n) is 8.14. The van der Waals surface area contributed by atoms with Crippen molar-refractivity contribution in [1.29, 1.82) is 0 Å². The molecule has 176 valence electrons. The standard InChI is InChI=1S/C26H20Cl2N2S4Si/c27-35(28,31-25(32-35)29(21-13-5-1-6-14-21)22-15-7-2-8-16-22)33-26(34-35)30(23-17-9-3-10-18-23)24-19-11-4-12-20-24/h1-20H. The van der Waals surface area contributed by atoms with Gasteiger partial charge in [-0.3, -0.25) is 0 Å². The fourth-order valence-corrected chi connectivity index (χ4v) is 41.0. The molecule has 0 radical (unpaired) electrons. The van der Waals surface area contributed by atoms with Crippen LogP contribution in [0, 0.1) is 0 Å². The van der Waals surface area contributed by atoms with Crippen molar-refractivity contribution >= 4 is 100 Å². The van der Waals surface area contributed by atoms with E-state index in [4.69, 9.17) is 22.2 Å². The zero-order chi connectivity index (χ0) is 24.0. The first-order valence-corrected chi connectivity index (χ1v) is 22.2. The van der Waals surface area contributed by atoms with Crippen molar-refractivity contribution in [3.05, 3.63) is 121 Å². The molecule has 9 heteroatoms. The molecule has 0 bridgehead atoms. The van der Waals surface area contributed by atoms with Gasteiger partial charge in [0, 0.05) is 0 Å². The number of halogens is 2. The molecule has 2 heterocycles. The molecule has 2 aliphatic heterocycles. The van der Waals surface area contributed by atoms with E-state index in [-0.39, 0.29) is 0 Å². The van der Waals surface area contributed by atoms with Crippen molar-refractivity contribution in [3.8, 4) is 0 Å². The third-order valence-corrected chi connectivity index (χ3v) is 33.1. The van der Waals surface area contributed by atoms with Crippen molar-refractivity contribution in [1.82, 2.24) is 9.15 Å². The van der Waals surface area contributed by atoms with Gasteiger partial charge in [-0.2, -0.15) is 0 Å². The molecule has 2 fully saturated rings. The van der Waals surface area contributed by atoms with Crippen LogP contribution in [0.3, 0.4) is 0 Å².